The zero-order chi connectivity index (χ0) is 14.7. The summed E-state index contributed by atoms with van der Waals surface area (Å²) < 4.78 is 18.7. The topological polar surface area (TPSA) is 64.4 Å². The molecule has 104 valence electrons. The minimum absolute atomic E-state index is 0.0247. The van der Waals surface area contributed by atoms with Gasteiger partial charge in [-0.15, -0.1) is 0 Å². The highest BCUT2D eigenvalue weighted by Gasteiger charge is 2.19. The third-order valence-corrected chi connectivity index (χ3v) is 2.92. The Morgan fingerprint density at radius 3 is 2.70 bits per heavy atom. The van der Waals surface area contributed by atoms with Crippen LogP contribution in [0, 0.1) is 15.9 Å². The van der Waals surface area contributed by atoms with Crippen LogP contribution in [0.5, 0.6) is 5.75 Å². The number of nitrogens with one attached hydrogen (secondary N) is 1. The van der Waals surface area contributed by atoms with E-state index in [1.807, 2.05) is 0 Å². The predicted molar refractivity (Wildman–Crippen MR) is 74.3 cm³/mol. The smallest absolute Gasteiger partial charge is 0.311 e. The van der Waals surface area contributed by atoms with Crippen molar-refractivity contribution in [1.29, 1.82) is 0 Å². The van der Waals surface area contributed by atoms with Gasteiger partial charge in [0.2, 0.25) is 0 Å². The van der Waals surface area contributed by atoms with Crippen LogP contribution < -0.4 is 10.1 Å². The van der Waals surface area contributed by atoms with Gasteiger partial charge in [0, 0.05) is 6.07 Å². The number of hydrogen-bond acceptors (Lipinski definition) is 4. The summed E-state index contributed by atoms with van der Waals surface area (Å²) in [6.07, 6.45) is 0. The maximum Gasteiger partial charge on any atom is 0.311 e. The van der Waals surface area contributed by atoms with Crippen LogP contribution in [0.15, 0.2) is 36.4 Å². The quantitative estimate of drug-likeness (QED) is 0.680. The summed E-state index contributed by atoms with van der Waals surface area (Å²) in [5.41, 5.74) is -0.138. The molecule has 2 aromatic rings. The van der Waals surface area contributed by atoms with E-state index in [1.165, 1.54) is 43.5 Å². The first-order valence-electron chi connectivity index (χ1n) is 5.56. The van der Waals surface area contributed by atoms with E-state index in [2.05, 4.69) is 5.32 Å². The summed E-state index contributed by atoms with van der Waals surface area (Å²) in [5.74, 6) is -0.126. The van der Waals surface area contributed by atoms with E-state index < -0.39 is 10.7 Å². The lowest BCUT2D eigenvalue weighted by molar-refractivity contribution is -0.383. The fourth-order valence-corrected chi connectivity index (χ4v) is 1.92. The van der Waals surface area contributed by atoms with Gasteiger partial charge in [-0.1, -0.05) is 17.7 Å². The Kier molecular flexibility index (Phi) is 4.05. The van der Waals surface area contributed by atoms with Gasteiger partial charge in [0.25, 0.3) is 0 Å². The number of halogens is 2. The highest BCUT2D eigenvalue weighted by atomic mass is 35.5. The highest BCUT2D eigenvalue weighted by molar-refractivity contribution is 6.33. The number of rotatable bonds is 4. The molecular formula is C13H10ClFN2O3. The van der Waals surface area contributed by atoms with Crippen LogP contribution in [-0.4, -0.2) is 12.0 Å². The van der Waals surface area contributed by atoms with Gasteiger partial charge in [-0.25, -0.2) is 4.39 Å². The third-order valence-electron chi connectivity index (χ3n) is 2.61. The number of methoxy groups -OCH3 is 1. The second-order valence-electron chi connectivity index (χ2n) is 3.86. The van der Waals surface area contributed by atoms with Crippen molar-refractivity contribution in [3.8, 4) is 5.75 Å². The van der Waals surface area contributed by atoms with E-state index in [-0.39, 0.29) is 22.1 Å². The van der Waals surface area contributed by atoms with Crippen molar-refractivity contribution in [3.05, 3.63) is 57.4 Å². The van der Waals surface area contributed by atoms with E-state index >= 15 is 0 Å². The molecule has 0 atom stereocenters. The lowest BCUT2D eigenvalue weighted by Crippen LogP contribution is -1.99. The molecule has 1 N–H and O–H groups in total. The Balaban J connectivity index is 2.45. The second-order valence-corrected chi connectivity index (χ2v) is 4.27. The predicted octanol–water partition coefficient (Wildman–Crippen LogP) is 4.14. The molecule has 0 saturated carbocycles. The van der Waals surface area contributed by atoms with Gasteiger partial charge in [0.15, 0.2) is 0 Å². The summed E-state index contributed by atoms with van der Waals surface area (Å²) in [6, 6.07) is 8.44. The molecule has 0 radical (unpaired) electrons. The van der Waals surface area contributed by atoms with Crippen LogP contribution in [0.4, 0.5) is 21.5 Å². The minimum atomic E-state index is -0.622. The van der Waals surface area contributed by atoms with Crippen molar-refractivity contribution in [1.82, 2.24) is 0 Å². The Morgan fingerprint density at radius 1 is 1.30 bits per heavy atom. The van der Waals surface area contributed by atoms with Crippen molar-refractivity contribution in [3.63, 3.8) is 0 Å². The number of nitro benzene ring substituents is 1. The van der Waals surface area contributed by atoms with Gasteiger partial charge in [-0.05, 0) is 24.3 Å². The van der Waals surface area contributed by atoms with Gasteiger partial charge in [0.05, 0.1) is 17.7 Å². The van der Waals surface area contributed by atoms with E-state index in [4.69, 9.17) is 16.3 Å². The Hall–Kier alpha value is -2.34. The van der Waals surface area contributed by atoms with Gasteiger partial charge in [-0.2, -0.15) is 0 Å². The lowest BCUT2D eigenvalue weighted by Gasteiger charge is -2.10. The van der Waals surface area contributed by atoms with Gasteiger partial charge < -0.3 is 10.1 Å². The van der Waals surface area contributed by atoms with Crippen molar-refractivity contribution in [2.24, 2.45) is 0 Å². The molecule has 0 heterocycles. The SMILES string of the molecule is COc1ccc(F)c(Nc2cccc(Cl)c2[N+](=O)[O-])c1. The number of ether oxygens (including phenoxy) is 1. The first-order valence-corrected chi connectivity index (χ1v) is 5.94. The van der Waals surface area contributed by atoms with E-state index in [0.29, 0.717) is 5.75 Å². The summed E-state index contributed by atoms with van der Waals surface area (Å²) in [4.78, 5) is 10.4. The van der Waals surface area contributed by atoms with Gasteiger partial charge in [-0.3, -0.25) is 10.1 Å². The van der Waals surface area contributed by atoms with Gasteiger partial charge >= 0.3 is 5.69 Å². The molecule has 0 aromatic heterocycles. The molecule has 0 aliphatic carbocycles. The average molecular weight is 297 g/mol. The molecule has 2 rings (SSSR count). The molecule has 0 aliphatic rings. The summed E-state index contributed by atoms with van der Waals surface area (Å²) in [7, 11) is 1.44. The average Bonchev–Trinajstić information content (AvgIpc) is 2.41. The van der Waals surface area contributed by atoms with Crippen molar-refractivity contribution < 1.29 is 14.1 Å². The molecule has 0 bridgehead atoms. The van der Waals surface area contributed by atoms with Crippen LogP contribution in [0.25, 0.3) is 0 Å². The minimum Gasteiger partial charge on any atom is -0.497 e. The molecule has 0 aliphatic heterocycles. The molecule has 0 unspecified atom stereocenters. The molecule has 0 fully saturated rings. The Morgan fingerprint density at radius 2 is 2.05 bits per heavy atom. The van der Waals surface area contributed by atoms with Crippen molar-refractivity contribution >= 4 is 28.7 Å². The molecule has 7 heteroatoms. The molecule has 20 heavy (non-hydrogen) atoms. The number of para-hydroxylation sites is 1. The molecule has 0 amide bonds. The molecule has 2 aromatic carbocycles. The van der Waals surface area contributed by atoms with Crippen LogP contribution in [0.2, 0.25) is 5.02 Å². The Labute approximate surface area is 119 Å². The zero-order valence-corrected chi connectivity index (χ0v) is 11.1. The number of nitro groups is 1. The van der Waals surface area contributed by atoms with E-state index in [9.17, 15) is 14.5 Å². The molecule has 0 spiro atoms. The monoisotopic (exact) mass is 296 g/mol. The second kappa shape index (κ2) is 5.75. The number of hydrogen-bond donors (Lipinski definition) is 1. The number of anilines is 2. The fraction of sp³-hybridized carbons (Fsp3) is 0.0769. The van der Waals surface area contributed by atoms with Crippen LogP contribution in [0.1, 0.15) is 0 Å². The number of benzene rings is 2. The van der Waals surface area contributed by atoms with E-state index in [1.54, 1.807) is 0 Å². The largest absolute Gasteiger partial charge is 0.497 e. The lowest BCUT2D eigenvalue weighted by atomic mass is 10.2. The number of nitrogens with zero attached hydrogens (tertiary/aromatic N) is 1. The fourth-order valence-electron chi connectivity index (χ4n) is 1.67. The van der Waals surface area contributed by atoms with Crippen LogP contribution in [-0.2, 0) is 0 Å². The zero-order valence-electron chi connectivity index (χ0n) is 10.4. The van der Waals surface area contributed by atoms with Gasteiger partial charge in [0.1, 0.15) is 22.3 Å². The van der Waals surface area contributed by atoms with Crippen LogP contribution in [0.3, 0.4) is 0 Å². The normalized spacial score (nSPS) is 10.2. The highest BCUT2D eigenvalue weighted by Crippen LogP contribution is 2.35. The Bertz CT molecular complexity index is 664. The summed E-state index contributed by atoms with van der Waals surface area (Å²) in [6.45, 7) is 0. The summed E-state index contributed by atoms with van der Waals surface area (Å²) >= 11 is 5.79. The molecule has 5 nitrogen and oxygen atoms in total. The van der Waals surface area contributed by atoms with Crippen molar-refractivity contribution in [2.45, 2.75) is 0 Å². The van der Waals surface area contributed by atoms with Crippen LogP contribution >= 0.6 is 11.6 Å². The standard InChI is InChI=1S/C13H10ClFN2O3/c1-20-8-5-6-10(15)12(7-8)16-11-4-2-3-9(14)13(11)17(18)19/h2-7,16H,1H3. The summed E-state index contributed by atoms with van der Waals surface area (Å²) in [5, 5.41) is 13.6. The maximum atomic E-state index is 13.7. The molecular weight excluding hydrogens is 287 g/mol. The first-order chi connectivity index (χ1) is 9.52. The first kappa shape index (κ1) is 14.1. The maximum absolute atomic E-state index is 13.7. The third kappa shape index (κ3) is 2.80. The van der Waals surface area contributed by atoms with Crippen molar-refractivity contribution in [2.75, 3.05) is 12.4 Å². The van der Waals surface area contributed by atoms with E-state index in [0.717, 1.165) is 0 Å². The molecule has 0 saturated heterocycles.